The summed E-state index contributed by atoms with van der Waals surface area (Å²) in [4.78, 5) is 12.1. The molecule has 0 aliphatic carbocycles. The molecule has 1 aliphatic heterocycles. The summed E-state index contributed by atoms with van der Waals surface area (Å²) in [6.07, 6.45) is 0.681. The first kappa shape index (κ1) is 26.8. The van der Waals surface area contributed by atoms with Gasteiger partial charge in [-0.05, 0) is 103 Å². The summed E-state index contributed by atoms with van der Waals surface area (Å²) in [5.41, 5.74) is 6.92. The van der Waals surface area contributed by atoms with Crippen molar-refractivity contribution in [2.75, 3.05) is 17.1 Å². The van der Waals surface area contributed by atoms with Crippen molar-refractivity contribution in [1.29, 1.82) is 0 Å². The topological polar surface area (TPSA) is 84.5 Å². The van der Waals surface area contributed by atoms with Gasteiger partial charge in [0.1, 0.15) is 0 Å². The number of halogens is 1. The Morgan fingerprint density at radius 1 is 0.897 bits per heavy atom. The molecule has 2 N–H and O–H groups in total. The zero-order chi connectivity index (χ0) is 27.7. The van der Waals surface area contributed by atoms with Crippen molar-refractivity contribution < 1.29 is 17.9 Å². The van der Waals surface area contributed by atoms with Crippen LogP contribution in [0.25, 0.3) is 0 Å². The Morgan fingerprint density at radius 3 is 2.26 bits per heavy atom. The number of hydrogen-bond donors (Lipinski definition) is 2. The van der Waals surface area contributed by atoms with Gasteiger partial charge in [-0.25, -0.2) is 13.2 Å². The van der Waals surface area contributed by atoms with Crippen molar-refractivity contribution in [2.24, 2.45) is 0 Å². The Bertz CT molecular complexity index is 1630. The van der Waals surface area contributed by atoms with Crippen LogP contribution in [0.15, 0.2) is 89.8 Å². The van der Waals surface area contributed by atoms with E-state index in [1.54, 1.807) is 30.3 Å². The number of ether oxygens (including phenoxy) is 1. The molecule has 0 amide bonds. The molecule has 0 saturated heterocycles. The summed E-state index contributed by atoms with van der Waals surface area (Å²) in [5, 5.41) is 4.21. The molecule has 0 saturated carbocycles. The van der Waals surface area contributed by atoms with Crippen molar-refractivity contribution >= 4 is 39.0 Å². The standard InChI is InChI=1S/C31H29ClN2O4S/c1-19-4-13-25(16-20(19)2)34-39(36,37)26-14-15-29-28(17-26)27(21-9-11-24(32)12-10-21)18-30(33-29)22-5-7-23(8-6-22)31(35)38-3/h4-17,27,30,33-34H,18H2,1-3H3/t27-,30-/m1/s1. The summed E-state index contributed by atoms with van der Waals surface area (Å²) in [5.74, 6) is -0.466. The zero-order valence-corrected chi connectivity index (χ0v) is 23.4. The molecule has 0 unspecified atom stereocenters. The third-order valence-electron chi connectivity index (χ3n) is 7.28. The van der Waals surface area contributed by atoms with Gasteiger partial charge in [-0.1, -0.05) is 41.9 Å². The number of sulfonamides is 1. The molecular formula is C31H29ClN2O4S. The van der Waals surface area contributed by atoms with Gasteiger partial charge in [-0.15, -0.1) is 0 Å². The molecule has 0 aromatic heterocycles. The van der Waals surface area contributed by atoms with Crippen LogP contribution in [0.2, 0.25) is 5.02 Å². The average molecular weight is 561 g/mol. The number of anilines is 2. The fourth-order valence-corrected chi connectivity index (χ4v) is 6.17. The molecule has 0 radical (unpaired) electrons. The number of fused-ring (bicyclic) bond motifs is 1. The first-order valence-corrected chi connectivity index (χ1v) is 14.4. The van der Waals surface area contributed by atoms with E-state index in [1.165, 1.54) is 7.11 Å². The van der Waals surface area contributed by atoms with E-state index in [2.05, 4.69) is 10.0 Å². The molecule has 200 valence electrons. The molecule has 0 spiro atoms. The minimum absolute atomic E-state index is 0.0546. The Hall–Kier alpha value is -3.81. The SMILES string of the molecule is COC(=O)c1ccc([C@H]2C[C@H](c3ccc(Cl)cc3)c3cc(S(=O)(=O)Nc4ccc(C)c(C)c4)ccc3N2)cc1. The minimum atomic E-state index is -3.81. The van der Waals surface area contributed by atoms with Crippen LogP contribution in [0.1, 0.15) is 56.6 Å². The third-order valence-corrected chi connectivity index (χ3v) is 8.91. The highest BCUT2D eigenvalue weighted by Crippen LogP contribution is 2.44. The molecule has 6 nitrogen and oxygen atoms in total. The highest BCUT2D eigenvalue weighted by Gasteiger charge is 2.30. The normalized spacial score (nSPS) is 16.6. The lowest BCUT2D eigenvalue weighted by atomic mass is 9.80. The molecule has 39 heavy (non-hydrogen) atoms. The fourth-order valence-electron chi connectivity index (χ4n) is 4.96. The van der Waals surface area contributed by atoms with E-state index in [0.717, 1.165) is 33.5 Å². The third kappa shape index (κ3) is 5.65. The summed E-state index contributed by atoms with van der Waals surface area (Å²) in [7, 11) is -2.45. The summed E-state index contributed by atoms with van der Waals surface area (Å²) in [6.45, 7) is 3.94. The number of esters is 1. The number of rotatable bonds is 6. The molecule has 1 heterocycles. The lowest BCUT2D eigenvalue weighted by molar-refractivity contribution is 0.0600. The Morgan fingerprint density at radius 2 is 1.59 bits per heavy atom. The van der Waals surface area contributed by atoms with Crippen LogP contribution in [0.4, 0.5) is 11.4 Å². The van der Waals surface area contributed by atoms with Gasteiger partial charge in [0.25, 0.3) is 10.0 Å². The van der Waals surface area contributed by atoms with Gasteiger partial charge < -0.3 is 10.1 Å². The lowest BCUT2D eigenvalue weighted by Gasteiger charge is -2.34. The van der Waals surface area contributed by atoms with Gasteiger partial charge in [0.15, 0.2) is 0 Å². The molecular weight excluding hydrogens is 532 g/mol. The molecule has 0 bridgehead atoms. The van der Waals surface area contributed by atoms with E-state index in [-0.39, 0.29) is 22.8 Å². The molecule has 4 aromatic rings. The predicted octanol–water partition coefficient (Wildman–Crippen LogP) is 7.23. The maximum Gasteiger partial charge on any atom is 0.337 e. The smallest absolute Gasteiger partial charge is 0.337 e. The van der Waals surface area contributed by atoms with E-state index in [4.69, 9.17) is 16.3 Å². The zero-order valence-electron chi connectivity index (χ0n) is 21.9. The Kier molecular flexibility index (Phi) is 7.38. The van der Waals surface area contributed by atoms with Crippen LogP contribution >= 0.6 is 11.6 Å². The molecule has 5 rings (SSSR count). The van der Waals surface area contributed by atoms with Gasteiger partial charge in [0.2, 0.25) is 0 Å². The fraction of sp³-hybridized carbons (Fsp3) is 0.194. The molecule has 8 heteroatoms. The molecule has 4 aromatic carbocycles. The second-order valence-corrected chi connectivity index (χ2v) is 11.9. The maximum atomic E-state index is 13.4. The summed E-state index contributed by atoms with van der Waals surface area (Å²) >= 11 is 6.17. The van der Waals surface area contributed by atoms with E-state index < -0.39 is 10.0 Å². The highest BCUT2D eigenvalue weighted by molar-refractivity contribution is 7.92. The van der Waals surface area contributed by atoms with Gasteiger partial charge in [-0.2, -0.15) is 0 Å². The van der Waals surface area contributed by atoms with Crippen molar-refractivity contribution in [3.05, 3.63) is 123 Å². The molecule has 0 fully saturated rings. The van der Waals surface area contributed by atoms with Crippen molar-refractivity contribution in [3.63, 3.8) is 0 Å². The second-order valence-electron chi connectivity index (χ2n) is 9.80. The van der Waals surface area contributed by atoms with Crippen molar-refractivity contribution in [1.82, 2.24) is 0 Å². The van der Waals surface area contributed by atoms with Gasteiger partial charge in [-0.3, -0.25) is 4.72 Å². The number of carbonyl (C=O) groups excluding carboxylic acids is 1. The van der Waals surface area contributed by atoms with Crippen LogP contribution in [0, 0.1) is 13.8 Å². The average Bonchev–Trinajstić information content (AvgIpc) is 2.94. The highest BCUT2D eigenvalue weighted by atomic mass is 35.5. The van der Waals surface area contributed by atoms with E-state index in [0.29, 0.717) is 22.7 Å². The Balaban J connectivity index is 1.51. The largest absolute Gasteiger partial charge is 0.465 e. The van der Waals surface area contributed by atoms with Gasteiger partial charge in [0.05, 0.1) is 23.6 Å². The number of aryl methyl sites for hydroxylation is 2. The van der Waals surface area contributed by atoms with Crippen LogP contribution in [0.5, 0.6) is 0 Å². The van der Waals surface area contributed by atoms with Crippen LogP contribution in [0.3, 0.4) is 0 Å². The van der Waals surface area contributed by atoms with E-state index in [1.807, 2.05) is 68.4 Å². The first-order chi connectivity index (χ1) is 18.6. The maximum absolute atomic E-state index is 13.4. The monoisotopic (exact) mass is 560 g/mol. The van der Waals surface area contributed by atoms with Crippen LogP contribution < -0.4 is 10.0 Å². The number of benzene rings is 4. The Labute approximate surface area is 234 Å². The molecule has 1 aliphatic rings. The summed E-state index contributed by atoms with van der Waals surface area (Å²) < 4.78 is 34.3. The van der Waals surface area contributed by atoms with Crippen LogP contribution in [-0.2, 0) is 14.8 Å². The quantitative estimate of drug-likeness (QED) is 0.243. The second kappa shape index (κ2) is 10.8. The van der Waals surface area contributed by atoms with E-state index in [9.17, 15) is 13.2 Å². The number of nitrogens with one attached hydrogen (secondary N) is 2. The van der Waals surface area contributed by atoms with Crippen molar-refractivity contribution in [2.45, 2.75) is 37.1 Å². The lowest BCUT2D eigenvalue weighted by Crippen LogP contribution is -2.23. The molecule has 2 atom stereocenters. The predicted molar refractivity (Wildman–Crippen MR) is 155 cm³/mol. The minimum Gasteiger partial charge on any atom is -0.465 e. The van der Waals surface area contributed by atoms with Crippen molar-refractivity contribution in [3.8, 4) is 0 Å². The van der Waals surface area contributed by atoms with Crippen LogP contribution in [-0.4, -0.2) is 21.5 Å². The number of methoxy groups -OCH3 is 1. The van der Waals surface area contributed by atoms with Gasteiger partial charge in [0, 0.05) is 22.3 Å². The van der Waals surface area contributed by atoms with E-state index >= 15 is 0 Å². The number of hydrogen-bond acceptors (Lipinski definition) is 5. The summed E-state index contributed by atoms with van der Waals surface area (Å²) in [6, 6.07) is 25.6. The number of carbonyl (C=O) groups is 1. The first-order valence-electron chi connectivity index (χ1n) is 12.6. The van der Waals surface area contributed by atoms with Gasteiger partial charge >= 0.3 is 5.97 Å².